The summed E-state index contributed by atoms with van der Waals surface area (Å²) < 4.78 is 14.6. The van der Waals surface area contributed by atoms with Crippen LogP contribution in [0.5, 0.6) is 0 Å². The van der Waals surface area contributed by atoms with Crippen molar-refractivity contribution in [3.63, 3.8) is 0 Å². The number of benzene rings is 1. The van der Waals surface area contributed by atoms with Crippen LogP contribution in [0.4, 0.5) is 4.39 Å². The molecule has 1 atom stereocenters. The fourth-order valence-corrected chi connectivity index (χ4v) is 2.84. The van der Waals surface area contributed by atoms with Gasteiger partial charge in [-0.25, -0.2) is 4.39 Å². The molecule has 0 amide bonds. The second-order valence-electron chi connectivity index (χ2n) is 5.88. The Balaban J connectivity index is 0.00000576. The van der Waals surface area contributed by atoms with Crippen molar-refractivity contribution in [2.45, 2.75) is 46.2 Å². The van der Waals surface area contributed by atoms with E-state index in [1.54, 1.807) is 13.1 Å². The molecule has 144 valence electrons. The molecular formula is C18H31BrFIN4. The third kappa shape index (κ3) is 9.75. The summed E-state index contributed by atoms with van der Waals surface area (Å²) in [6.45, 7) is 10.3. The highest BCUT2D eigenvalue weighted by Gasteiger charge is 2.08. The van der Waals surface area contributed by atoms with Gasteiger partial charge in [0.1, 0.15) is 5.82 Å². The lowest BCUT2D eigenvalue weighted by atomic mass is 10.2. The zero-order valence-corrected chi connectivity index (χ0v) is 19.5. The summed E-state index contributed by atoms with van der Waals surface area (Å²) >= 11 is 3.27. The molecular weight excluding hydrogens is 498 g/mol. The van der Waals surface area contributed by atoms with Gasteiger partial charge in [-0.2, -0.15) is 0 Å². The first-order chi connectivity index (χ1) is 11.5. The predicted octanol–water partition coefficient (Wildman–Crippen LogP) is 4.38. The van der Waals surface area contributed by atoms with Gasteiger partial charge in [0.25, 0.3) is 0 Å². The molecule has 4 nitrogen and oxygen atoms in total. The molecule has 0 fully saturated rings. The maximum Gasteiger partial charge on any atom is 0.191 e. The van der Waals surface area contributed by atoms with E-state index in [2.05, 4.69) is 57.2 Å². The van der Waals surface area contributed by atoms with Gasteiger partial charge in [0.2, 0.25) is 0 Å². The van der Waals surface area contributed by atoms with Gasteiger partial charge in [0.15, 0.2) is 5.96 Å². The number of aliphatic imine (C=N–C) groups is 1. The van der Waals surface area contributed by atoms with Crippen LogP contribution in [0, 0.1) is 5.82 Å². The Morgan fingerprint density at radius 2 is 2.00 bits per heavy atom. The molecule has 1 rings (SSSR count). The average Bonchev–Trinajstić information content (AvgIpc) is 2.56. The highest BCUT2D eigenvalue weighted by Crippen LogP contribution is 2.15. The van der Waals surface area contributed by atoms with Crippen LogP contribution < -0.4 is 10.6 Å². The summed E-state index contributed by atoms with van der Waals surface area (Å²) in [5.74, 6) is 0.479. The van der Waals surface area contributed by atoms with E-state index in [-0.39, 0.29) is 29.8 Å². The van der Waals surface area contributed by atoms with Crippen molar-refractivity contribution in [2.75, 3.05) is 26.7 Å². The van der Waals surface area contributed by atoms with Crippen molar-refractivity contribution < 1.29 is 4.39 Å². The molecule has 25 heavy (non-hydrogen) atoms. The third-order valence-electron chi connectivity index (χ3n) is 4.07. The third-order valence-corrected chi connectivity index (χ3v) is 4.57. The van der Waals surface area contributed by atoms with Gasteiger partial charge in [-0.3, -0.25) is 4.99 Å². The van der Waals surface area contributed by atoms with Gasteiger partial charge in [-0.05, 0) is 51.5 Å². The van der Waals surface area contributed by atoms with E-state index in [4.69, 9.17) is 0 Å². The fourth-order valence-electron chi connectivity index (χ4n) is 2.51. The minimum atomic E-state index is -0.223. The van der Waals surface area contributed by atoms with Gasteiger partial charge >= 0.3 is 0 Å². The molecule has 0 aliphatic rings. The lowest BCUT2D eigenvalue weighted by molar-refractivity contribution is 0.292. The van der Waals surface area contributed by atoms with Crippen LogP contribution >= 0.6 is 39.9 Å². The number of nitrogens with one attached hydrogen (secondary N) is 2. The summed E-state index contributed by atoms with van der Waals surface area (Å²) in [6, 6.07) is 5.41. The number of halogens is 3. The lowest BCUT2D eigenvalue weighted by Gasteiger charge is -2.21. The van der Waals surface area contributed by atoms with Crippen LogP contribution in [0.3, 0.4) is 0 Å². The maximum atomic E-state index is 13.8. The van der Waals surface area contributed by atoms with E-state index in [0.717, 1.165) is 36.9 Å². The molecule has 1 unspecified atom stereocenters. The van der Waals surface area contributed by atoms with Crippen molar-refractivity contribution in [3.05, 3.63) is 34.1 Å². The van der Waals surface area contributed by atoms with Crippen molar-refractivity contribution in [1.82, 2.24) is 15.5 Å². The molecule has 0 saturated heterocycles. The van der Waals surface area contributed by atoms with Crippen molar-refractivity contribution in [1.29, 1.82) is 0 Å². The molecule has 1 aromatic carbocycles. The Morgan fingerprint density at radius 3 is 2.56 bits per heavy atom. The first-order valence-electron chi connectivity index (χ1n) is 8.63. The highest BCUT2D eigenvalue weighted by atomic mass is 127. The van der Waals surface area contributed by atoms with Crippen LogP contribution in [0.15, 0.2) is 27.7 Å². The summed E-state index contributed by atoms with van der Waals surface area (Å²) in [6.07, 6.45) is 2.22. The number of hydrogen-bond donors (Lipinski definition) is 2. The summed E-state index contributed by atoms with van der Waals surface area (Å²) in [4.78, 5) is 6.64. The fraction of sp³-hybridized carbons (Fsp3) is 0.611. The van der Waals surface area contributed by atoms with Gasteiger partial charge in [-0.1, -0.05) is 35.8 Å². The first-order valence-corrected chi connectivity index (χ1v) is 9.42. The smallest absolute Gasteiger partial charge is 0.191 e. The molecule has 0 heterocycles. The SMILES string of the molecule is CCN(CC)CCCC(C)NC(=NC)NCc1ccc(Br)cc1F.I. The quantitative estimate of drug-likeness (QED) is 0.284. The maximum absolute atomic E-state index is 13.8. The zero-order chi connectivity index (χ0) is 17.9. The van der Waals surface area contributed by atoms with E-state index in [9.17, 15) is 4.39 Å². The molecule has 0 aliphatic carbocycles. The van der Waals surface area contributed by atoms with E-state index in [1.807, 2.05) is 6.07 Å². The molecule has 0 aromatic heterocycles. The molecule has 7 heteroatoms. The van der Waals surface area contributed by atoms with Gasteiger partial charge in [0, 0.05) is 29.7 Å². The normalized spacial score (nSPS) is 12.7. The Hall–Kier alpha value is -0.410. The van der Waals surface area contributed by atoms with Crippen LogP contribution in [0.2, 0.25) is 0 Å². The largest absolute Gasteiger partial charge is 0.354 e. The number of guanidine groups is 1. The highest BCUT2D eigenvalue weighted by molar-refractivity contribution is 14.0. The predicted molar refractivity (Wildman–Crippen MR) is 119 cm³/mol. The molecule has 0 aliphatic heterocycles. The average molecular weight is 529 g/mol. The standard InChI is InChI=1S/C18H30BrFN4.HI/c1-5-24(6-2)11-7-8-14(3)23-18(21-4)22-13-15-9-10-16(19)12-17(15)20;/h9-10,12,14H,5-8,11,13H2,1-4H3,(H2,21,22,23);1H. The Bertz CT molecular complexity index is 524. The summed E-state index contributed by atoms with van der Waals surface area (Å²) in [7, 11) is 1.73. The lowest BCUT2D eigenvalue weighted by Crippen LogP contribution is -2.42. The molecule has 2 N–H and O–H groups in total. The molecule has 0 spiro atoms. The van der Waals surface area contributed by atoms with E-state index >= 15 is 0 Å². The number of hydrogen-bond acceptors (Lipinski definition) is 2. The monoisotopic (exact) mass is 528 g/mol. The summed E-state index contributed by atoms with van der Waals surface area (Å²) in [5.41, 5.74) is 0.621. The Kier molecular flexibility index (Phi) is 13.5. The molecule has 0 saturated carbocycles. The Morgan fingerprint density at radius 1 is 1.32 bits per heavy atom. The molecule has 0 radical (unpaired) electrons. The van der Waals surface area contributed by atoms with Crippen LogP contribution in [-0.4, -0.2) is 43.6 Å². The van der Waals surface area contributed by atoms with Crippen molar-refractivity contribution in [3.8, 4) is 0 Å². The minimum absolute atomic E-state index is 0. The summed E-state index contributed by atoms with van der Waals surface area (Å²) in [5, 5.41) is 6.54. The van der Waals surface area contributed by atoms with E-state index in [0.29, 0.717) is 24.1 Å². The second kappa shape index (κ2) is 13.7. The van der Waals surface area contributed by atoms with Crippen LogP contribution in [0.25, 0.3) is 0 Å². The van der Waals surface area contributed by atoms with Crippen molar-refractivity contribution >= 4 is 45.9 Å². The van der Waals surface area contributed by atoms with Crippen LogP contribution in [0.1, 0.15) is 39.2 Å². The van der Waals surface area contributed by atoms with Gasteiger partial charge < -0.3 is 15.5 Å². The Labute approximate surface area is 177 Å². The second-order valence-corrected chi connectivity index (χ2v) is 6.79. The van der Waals surface area contributed by atoms with Gasteiger partial charge in [0.05, 0.1) is 0 Å². The zero-order valence-electron chi connectivity index (χ0n) is 15.6. The van der Waals surface area contributed by atoms with E-state index in [1.165, 1.54) is 6.07 Å². The number of rotatable bonds is 9. The first kappa shape index (κ1) is 24.6. The topological polar surface area (TPSA) is 39.7 Å². The van der Waals surface area contributed by atoms with Gasteiger partial charge in [-0.15, -0.1) is 24.0 Å². The molecule has 0 bridgehead atoms. The minimum Gasteiger partial charge on any atom is -0.354 e. The van der Waals surface area contributed by atoms with E-state index < -0.39 is 0 Å². The van der Waals surface area contributed by atoms with Crippen LogP contribution in [-0.2, 0) is 6.54 Å². The molecule has 1 aromatic rings. The van der Waals surface area contributed by atoms with Crippen molar-refractivity contribution in [2.24, 2.45) is 4.99 Å². The number of nitrogens with zero attached hydrogens (tertiary/aromatic N) is 2.